The fourth-order valence-corrected chi connectivity index (χ4v) is 2.72. The minimum atomic E-state index is -0.141. The van der Waals surface area contributed by atoms with Crippen LogP contribution in [0.2, 0.25) is 0 Å². The molecule has 1 amide bonds. The van der Waals surface area contributed by atoms with Gasteiger partial charge in [-0.15, -0.1) is 0 Å². The molecule has 0 spiro atoms. The molecule has 116 valence electrons. The Labute approximate surface area is 126 Å². The number of piperidine rings is 1. The molecule has 1 saturated heterocycles. The monoisotopic (exact) mass is 292 g/mol. The van der Waals surface area contributed by atoms with Gasteiger partial charge in [-0.05, 0) is 50.4 Å². The van der Waals surface area contributed by atoms with Gasteiger partial charge in [-0.25, -0.2) is 0 Å². The minimum absolute atomic E-state index is 0.141. The largest absolute Gasteiger partial charge is 0.496 e. The highest BCUT2D eigenvalue weighted by Gasteiger charge is 2.18. The van der Waals surface area contributed by atoms with E-state index in [1.165, 1.54) is 12.8 Å². The van der Waals surface area contributed by atoms with Gasteiger partial charge in [0.1, 0.15) is 17.1 Å². The van der Waals surface area contributed by atoms with Gasteiger partial charge < -0.3 is 20.1 Å². The van der Waals surface area contributed by atoms with E-state index < -0.39 is 0 Å². The van der Waals surface area contributed by atoms with Crippen LogP contribution in [0.1, 0.15) is 29.6 Å². The summed E-state index contributed by atoms with van der Waals surface area (Å²) >= 11 is 0. The van der Waals surface area contributed by atoms with Crippen LogP contribution >= 0.6 is 0 Å². The Morgan fingerprint density at radius 1 is 1.24 bits per heavy atom. The molecule has 0 aromatic heterocycles. The number of ether oxygens (including phenoxy) is 2. The zero-order valence-electron chi connectivity index (χ0n) is 12.8. The van der Waals surface area contributed by atoms with Crippen molar-refractivity contribution in [1.82, 2.24) is 10.6 Å². The average Bonchev–Trinajstić information content (AvgIpc) is 2.54. The molecule has 1 aromatic carbocycles. The third kappa shape index (κ3) is 4.11. The van der Waals surface area contributed by atoms with Gasteiger partial charge in [0.15, 0.2) is 0 Å². The fourth-order valence-electron chi connectivity index (χ4n) is 2.72. The van der Waals surface area contributed by atoms with Gasteiger partial charge in [-0.2, -0.15) is 0 Å². The molecule has 1 aliphatic rings. The third-order valence-electron chi connectivity index (χ3n) is 3.95. The van der Waals surface area contributed by atoms with Crippen molar-refractivity contribution in [2.24, 2.45) is 5.92 Å². The Morgan fingerprint density at radius 3 is 2.43 bits per heavy atom. The van der Waals surface area contributed by atoms with Crippen molar-refractivity contribution in [3.8, 4) is 11.5 Å². The van der Waals surface area contributed by atoms with Crippen molar-refractivity contribution in [1.29, 1.82) is 0 Å². The Morgan fingerprint density at radius 2 is 1.86 bits per heavy atom. The smallest absolute Gasteiger partial charge is 0.258 e. The van der Waals surface area contributed by atoms with E-state index in [9.17, 15) is 4.79 Å². The molecule has 1 aromatic rings. The molecule has 0 aliphatic carbocycles. The van der Waals surface area contributed by atoms with Gasteiger partial charge in [0.2, 0.25) is 0 Å². The molecular formula is C16H24N2O3. The average molecular weight is 292 g/mol. The molecule has 2 N–H and O–H groups in total. The summed E-state index contributed by atoms with van der Waals surface area (Å²) in [5, 5.41) is 6.33. The lowest BCUT2D eigenvalue weighted by molar-refractivity contribution is 0.0944. The van der Waals surface area contributed by atoms with Crippen LogP contribution in [0.4, 0.5) is 0 Å². The van der Waals surface area contributed by atoms with E-state index in [1.807, 2.05) is 6.07 Å². The van der Waals surface area contributed by atoms with Crippen LogP contribution in [0.3, 0.4) is 0 Å². The predicted molar refractivity (Wildman–Crippen MR) is 82.1 cm³/mol. The van der Waals surface area contributed by atoms with Crippen LogP contribution < -0.4 is 20.1 Å². The number of benzene rings is 1. The van der Waals surface area contributed by atoms with Crippen LogP contribution in [0.15, 0.2) is 18.2 Å². The first-order valence-corrected chi connectivity index (χ1v) is 7.46. The number of carbonyl (C=O) groups excluding carboxylic acids is 1. The summed E-state index contributed by atoms with van der Waals surface area (Å²) in [6, 6.07) is 5.35. The van der Waals surface area contributed by atoms with Gasteiger partial charge >= 0.3 is 0 Å². The van der Waals surface area contributed by atoms with E-state index in [2.05, 4.69) is 10.6 Å². The summed E-state index contributed by atoms with van der Waals surface area (Å²) in [7, 11) is 3.11. The van der Waals surface area contributed by atoms with E-state index in [4.69, 9.17) is 9.47 Å². The number of amides is 1. The Hall–Kier alpha value is -1.75. The fraction of sp³-hybridized carbons (Fsp3) is 0.562. The Balaban J connectivity index is 1.93. The maximum Gasteiger partial charge on any atom is 0.258 e. The second kappa shape index (κ2) is 7.88. The van der Waals surface area contributed by atoms with E-state index in [0.29, 0.717) is 29.5 Å². The maximum absolute atomic E-state index is 12.4. The highest BCUT2D eigenvalue weighted by molar-refractivity contribution is 5.99. The standard InChI is InChI=1S/C16H24N2O3/c1-20-13-4-3-5-14(21-2)15(13)16(19)18-11-8-12-6-9-17-10-7-12/h3-5,12,17H,6-11H2,1-2H3,(H,18,19). The second-order valence-electron chi connectivity index (χ2n) is 5.28. The number of nitrogens with one attached hydrogen (secondary N) is 2. The predicted octanol–water partition coefficient (Wildman–Crippen LogP) is 1.82. The third-order valence-corrected chi connectivity index (χ3v) is 3.95. The summed E-state index contributed by atoms with van der Waals surface area (Å²) in [5.41, 5.74) is 0.466. The van der Waals surface area contributed by atoms with Gasteiger partial charge in [-0.3, -0.25) is 4.79 Å². The lowest BCUT2D eigenvalue weighted by atomic mass is 9.95. The van der Waals surface area contributed by atoms with Crippen LogP contribution in [-0.2, 0) is 0 Å². The molecule has 5 heteroatoms. The van der Waals surface area contributed by atoms with Crippen molar-refractivity contribution >= 4 is 5.91 Å². The van der Waals surface area contributed by atoms with E-state index in [0.717, 1.165) is 19.5 Å². The number of hydrogen-bond acceptors (Lipinski definition) is 4. The van der Waals surface area contributed by atoms with Crippen molar-refractivity contribution < 1.29 is 14.3 Å². The minimum Gasteiger partial charge on any atom is -0.496 e. The van der Waals surface area contributed by atoms with Crippen LogP contribution in [0, 0.1) is 5.92 Å². The zero-order chi connectivity index (χ0) is 15.1. The maximum atomic E-state index is 12.4. The molecule has 0 bridgehead atoms. The quantitative estimate of drug-likeness (QED) is 0.840. The summed E-state index contributed by atoms with van der Waals surface area (Å²) < 4.78 is 10.5. The molecule has 2 rings (SSSR count). The van der Waals surface area contributed by atoms with Gasteiger partial charge in [0.05, 0.1) is 14.2 Å². The second-order valence-corrected chi connectivity index (χ2v) is 5.28. The Kier molecular flexibility index (Phi) is 5.87. The molecule has 5 nitrogen and oxygen atoms in total. The molecule has 1 heterocycles. The summed E-state index contributed by atoms with van der Waals surface area (Å²) in [5.74, 6) is 1.63. The molecule has 1 aliphatic heterocycles. The molecular weight excluding hydrogens is 268 g/mol. The van der Waals surface area contributed by atoms with Crippen LogP contribution in [0.5, 0.6) is 11.5 Å². The molecule has 0 atom stereocenters. The number of carbonyl (C=O) groups is 1. The highest BCUT2D eigenvalue weighted by Crippen LogP contribution is 2.28. The summed E-state index contributed by atoms with van der Waals surface area (Å²) in [4.78, 5) is 12.4. The first-order chi connectivity index (χ1) is 10.3. The van der Waals surface area contributed by atoms with Gasteiger partial charge in [0, 0.05) is 6.54 Å². The van der Waals surface area contributed by atoms with Crippen molar-refractivity contribution in [2.45, 2.75) is 19.3 Å². The first kappa shape index (κ1) is 15.6. The van der Waals surface area contributed by atoms with Gasteiger partial charge in [0.25, 0.3) is 5.91 Å². The highest BCUT2D eigenvalue weighted by atomic mass is 16.5. The van der Waals surface area contributed by atoms with Crippen LogP contribution in [-0.4, -0.2) is 39.8 Å². The van der Waals surface area contributed by atoms with E-state index in [1.54, 1.807) is 26.4 Å². The molecule has 21 heavy (non-hydrogen) atoms. The summed E-state index contributed by atoms with van der Waals surface area (Å²) in [6.45, 7) is 2.85. The first-order valence-electron chi connectivity index (χ1n) is 7.46. The lowest BCUT2D eigenvalue weighted by Crippen LogP contribution is -2.31. The van der Waals surface area contributed by atoms with Crippen LogP contribution in [0.25, 0.3) is 0 Å². The normalized spacial score (nSPS) is 15.5. The van der Waals surface area contributed by atoms with Crippen molar-refractivity contribution in [3.05, 3.63) is 23.8 Å². The van der Waals surface area contributed by atoms with Gasteiger partial charge in [-0.1, -0.05) is 6.07 Å². The number of rotatable bonds is 6. The molecule has 0 radical (unpaired) electrons. The SMILES string of the molecule is COc1cccc(OC)c1C(=O)NCCC1CCNCC1. The molecule has 0 unspecified atom stereocenters. The van der Waals surface area contributed by atoms with Crippen molar-refractivity contribution in [3.63, 3.8) is 0 Å². The lowest BCUT2D eigenvalue weighted by Gasteiger charge is -2.22. The number of hydrogen-bond donors (Lipinski definition) is 2. The molecule has 1 fully saturated rings. The number of methoxy groups -OCH3 is 2. The van der Waals surface area contributed by atoms with Crippen molar-refractivity contribution in [2.75, 3.05) is 33.9 Å². The topological polar surface area (TPSA) is 59.6 Å². The van der Waals surface area contributed by atoms with E-state index >= 15 is 0 Å². The Bertz CT molecular complexity index is 448. The summed E-state index contributed by atoms with van der Waals surface area (Å²) in [6.07, 6.45) is 3.40. The van der Waals surface area contributed by atoms with E-state index in [-0.39, 0.29) is 5.91 Å². The zero-order valence-corrected chi connectivity index (χ0v) is 12.8. The molecule has 0 saturated carbocycles.